The highest BCUT2D eigenvalue weighted by molar-refractivity contribution is 6.27. The van der Waals surface area contributed by atoms with Gasteiger partial charge in [0, 0.05) is 22.4 Å². The predicted octanol–water partition coefficient (Wildman–Crippen LogP) is 9.03. The minimum atomic E-state index is 1.02. The molecule has 0 radical (unpaired) electrons. The van der Waals surface area contributed by atoms with Crippen molar-refractivity contribution < 1.29 is 0 Å². The van der Waals surface area contributed by atoms with Gasteiger partial charge in [-0.15, -0.1) is 0 Å². The fraction of sp³-hybridized carbons (Fsp3) is 0. The molecule has 0 aliphatic carbocycles. The Kier molecular flexibility index (Phi) is 4.22. The van der Waals surface area contributed by atoms with Gasteiger partial charge in [0.25, 0.3) is 0 Å². The smallest absolute Gasteiger partial charge is 0.0708 e. The maximum Gasteiger partial charge on any atom is 0.0708 e. The summed E-state index contributed by atoms with van der Waals surface area (Å²) >= 11 is 0. The predicted molar refractivity (Wildman–Crippen MR) is 145 cm³/mol. The summed E-state index contributed by atoms with van der Waals surface area (Å²) in [6, 6.07) is 43.4. The highest BCUT2D eigenvalue weighted by Crippen LogP contribution is 2.45. The molecule has 0 unspecified atom stereocenters. The molecule has 0 N–H and O–H groups in total. The van der Waals surface area contributed by atoms with Crippen molar-refractivity contribution in [2.45, 2.75) is 0 Å². The van der Waals surface area contributed by atoms with Gasteiger partial charge in [-0.25, -0.2) is 0 Å². The summed E-state index contributed by atoms with van der Waals surface area (Å²) in [4.78, 5) is 4.90. The lowest BCUT2D eigenvalue weighted by atomic mass is 9.85. The standard InChI is InChI=1S/C33H21N/c1-2-11-23(12-3-1)32-27-15-7-6-14-26(27)31(25-19-18-22-10-4-5-13-24(22)20-25)29-21-34-30-17-9-8-16-28(30)33(29)32/h1-21H. The molecule has 7 aromatic rings. The van der Waals surface area contributed by atoms with Crippen LogP contribution >= 0.6 is 0 Å². The second kappa shape index (κ2) is 7.54. The van der Waals surface area contributed by atoms with Crippen LogP contribution in [0.15, 0.2) is 128 Å². The third kappa shape index (κ3) is 2.84. The molecule has 1 nitrogen and oxygen atoms in total. The first-order valence-electron chi connectivity index (χ1n) is 11.7. The van der Waals surface area contributed by atoms with E-state index in [1.165, 1.54) is 60.0 Å². The zero-order valence-corrected chi connectivity index (χ0v) is 18.6. The molecule has 0 amide bonds. The van der Waals surface area contributed by atoms with Crippen LogP contribution in [0.3, 0.4) is 0 Å². The van der Waals surface area contributed by atoms with Gasteiger partial charge in [-0.2, -0.15) is 0 Å². The van der Waals surface area contributed by atoms with E-state index in [9.17, 15) is 0 Å². The molecule has 1 aromatic heterocycles. The zero-order chi connectivity index (χ0) is 22.5. The molecule has 1 heteroatoms. The molecule has 0 aliphatic heterocycles. The normalized spacial score (nSPS) is 11.5. The first-order chi connectivity index (χ1) is 16.9. The number of aromatic nitrogens is 1. The minimum absolute atomic E-state index is 1.02. The van der Waals surface area contributed by atoms with Gasteiger partial charge in [-0.3, -0.25) is 4.98 Å². The average molecular weight is 432 g/mol. The van der Waals surface area contributed by atoms with E-state index in [0.717, 1.165) is 5.52 Å². The van der Waals surface area contributed by atoms with Crippen LogP contribution in [0.2, 0.25) is 0 Å². The molecule has 0 fully saturated rings. The fourth-order valence-corrected chi connectivity index (χ4v) is 5.36. The molecule has 0 aliphatic rings. The third-order valence-electron chi connectivity index (χ3n) is 6.86. The second-order valence-corrected chi connectivity index (χ2v) is 8.79. The molecule has 0 saturated carbocycles. The Morgan fingerprint density at radius 3 is 1.88 bits per heavy atom. The van der Waals surface area contributed by atoms with Gasteiger partial charge in [0.2, 0.25) is 0 Å². The molecule has 158 valence electrons. The molecule has 1 heterocycles. The van der Waals surface area contributed by atoms with Crippen LogP contribution < -0.4 is 0 Å². The number of nitrogens with zero attached hydrogens (tertiary/aromatic N) is 1. The molecular formula is C33H21N. The largest absolute Gasteiger partial charge is 0.256 e. The second-order valence-electron chi connectivity index (χ2n) is 8.79. The Labute approximate surface area is 197 Å². The molecule has 0 bridgehead atoms. The SMILES string of the molecule is c1ccc(-c2c3ccccc3c(-c3ccc4ccccc4c3)c3cnc4ccccc4c23)cc1. The summed E-state index contributed by atoms with van der Waals surface area (Å²) in [7, 11) is 0. The van der Waals surface area contributed by atoms with Crippen LogP contribution in [0.5, 0.6) is 0 Å². The fourth-order valence-electron chi connectivity index (χ4n) is 5.36. The quantitative estimate of drug-likeness (QED) is 0.196. The number of hydrogen-bond donors (Lipinski definition) is 0. The van der Waals surface area contributed by atoms with E-state index in [4.69, 9.17) is 4.98 Å². The Morgan fingerprint density at radius 1 is 0.412 bits per heavy atom. The van der Waals surface area contributed by atoms with Crippen molar-refractivity contribution in [1.82, 2.24) is 4.98 Å². The van der Waals surface area contributed by atoms with Gasteiger partial charge in [0.1, 0.15) is 0 Å². The molecule has 7 rings (SSSR count). The van der Waals surface area contributed by atoms with Crippen molar-refractivity contribution in [3.8, 4) is 22.3 Å². The summed E-state index contributed by atoms with van der Waals surface area (Å²) in [6.07, 6.45) is 2.07. The molecular weight excluding hydrogens is 410 g/mol. The molecule has 6 aromatic carbocycles. The Balaban J connectivity index is 1.73. The maximum absolute atomic E-state index is 4.90. The van der Waals surface area contributed by atoms with Crippen molar-refractivity contribution >= 4 is 43.2 Å². The number of hydrogen-bond acceptors (Lipinski definition) is 1. The van der Waals surface area contributed by atoms with Crippen LogP contribution in [0.4, 0.5) is 0 Å². The summed E-state index contributed by atoms with van der Waals surface area (Å²) in [5, 5.41) is 8.65. The minimum Gasteiger partial charge on any atom is -0.256 e. The van der Waals surface area contributed by atoms with Crippen LogP contribution in [0.1, 0.15) is 0 Å². The van der Waals surface area contributed by atoms with Crippen molar-refractivity contribution in [1.29, 1.82) is 0 Å². The topological polar surface area (TPSA) is 12.9 Å². The molecule has 0 spiro atoms. The summed E-state index contributed by atoms with van der Waals surface area (Å²) < 4.78 is 0. The van der Waals surface area contributed by atoms with Crippen molar-refractivity contribution in [2.75, 3.05) is 0 Å². The number of pyridine rings is 1. The van der Waals surface area contributed by atoms with Crippen molar-refractivity contribution in [2.24, 2.45) is 0 Å². The molecule has 0 saturated heterocycles. The van der Waals surface area contributed by atoms with E-state index in [0.29, 0.717) is 0 Å². The summed E-state index contributed by atoms with van der Waals surface area (Å²) in [6.45, 7) is 0. The van der Waals surface area contributed by atoms with Gasteiger partial charge >= 0.3 is 0 Å². The van der Waals surface area contributed by atoms with Crippen LogP contribution in [0.25, 0.3) is 65.5 Å². The maximum atomic E-state index is 4.90. The van der Waals surface area contributed by atoms with Crippen molar-refractivity contribution in [3.63, 3.8) is 0 Å². The lowest BCUT2D eigenvalue weighted by Crippen LogP contribution is -1.93. The number of benzene rings is 6. The lowest BCUT2D eigenvalue weighted by molar-refractivity contribution is 1.45. The molecule has 0 atom stereocenters. The molecule has 34 heavy (non-hydrogen) atoms. The van der Waals surface area contributed by atoms with E-state index in [-0.39, 0.29) is 0 Å². The number of para-hydroxylation sites is 1. The van der Waals surface area contributed by atoms with Gasteiger partial charge in [-0.1, -0.05) is 109 Å². The number of rotatable bonds is 2. The zero-order valence-electron chi connectivity index (χ0n) is 18.6. The van der Waals surface area contributed by atoms with E-state index < -0.39 is 0 Å². The van der Waals surface area contributed by atoms with E-state index in [1.807, 2.05) is 0 Å². The van der Waals surface area contributed by atoms with Crippen LogP contribution in [0, 0.1) is 0 Å². The third-order valence-corrected chi connectivity index (χ3v) is 6.86. The average Bonchev–Trinajstić information content (AvgIpc) is 2.91. The Bertz CT molecular complexity index is 1850. The van der Waals surface area contributed by atoms with Crippen LogP contribution in [-0.2, 0) is 0 Å². The Morgan fingerprint density at radius 2 is 1.06 bits per heavy atom. The highest BCUT2D eigenvalue weighted by Gasteiger charge is 2.19. The van der Waals surface area contributed by atoms with E-state index in [1.54, 1.807) is 0 Å². The summed E-state index contributed by atoms with van der Waals surface area (Å²) in [5.74, 6) is 0. The van der Waals surface area contributed by atoms with Crippen LogP contribution in [-0.4, -0.2) is 4.98 Å². The Hall–Kier alpha value is -4.49. The van der Waals surface area contributed by atoms with Gasteiger partial charge in [0.05, 0.1) is 5.52 Å². The van der Waals surface area contributed by atoms with Gasteiger partial charge in [-0.05, 0) is 55.9 Å². The first kappa shape index (κ1) is 19.0. The lowest BCUT2D eigenvalue weighted by Gasteiger charge is -2.19. The van der Waals surface area contributed by atoms with E-state index in [2.05, 4.69) is 128 Å². The first-order valence-corrected chi connectivity index (χ1v) is 11.7. The highest BCUT2D eigenvalue weighted by atomic mass is 14.6. The van der Waals surface area contributed by atoms with Gasteiger partial charge < -0.3 is 0 Å². The monoisotopic (exact) mass is 431 g/mol. The van der Waals surface area contributed by atoms with E-state index >= 15 is 0 Å². The number of fused-ring (bicyclic) bond motifs is 5. The van der Waals surface area contributed by atoms with Gasteiger partial charge in [0.15, 0.2) is 0 Å². The summed E-state index contributed by atoms with van der Waals surface area (Å²) in [5.41, 5.74) is 5.98. The van der Waals surface area contributed by atoms with Crippen molar-refractivity contribution in [3.05, 3.63) is 128 Å².